The Labute approximate surface area is 164 Å². The van der Waals surface area contributed by atoms with Gasteiger partial charge in [-0.2, -0.15) is 0 Å². The minimum Gasteiger partial charge on any atom is -0.469 e. The minimum absolute atomic E-state index is 0.00858. The second-order valence-corrected chi connectivity index (χ2v) is 12.5. The molecule has 1 aromatic heterocycles. The maximum absolute atomic E-state index is 7.07. The summed E-state index contributed by atoms with van der Waals surface area (Å²) in [5.74, 6) is 1.02. The maximum atomic E-state index is 7.07. The maximum Gasteiger partial charge on any atom is 0.261 e. The zero-order valence-electron chi connectivity index (χ0n) is 16.8. The third-order valence-corrected chi connectivity index (χ3v) is 10.3. The Morgan fingerprint density at radius 1 is 0.852 bits per heavy atom. The topological polar surface area (TPSA) is 22.4 Å². The van der Waals surface area contributed by atoms with Gasteiger partial charge >= 0.3 is 0 Å². The molecule has 0 fully saturated rings. The van der Waals surface area contributed by atoms with Crippen LogP contribution in [0.4, 0.5) is 0 Å². The molecule has 2 aromatic carbocycles. The molecule has 0 aliphatic heterocycles. The summed E-state index contributed by atoms with van der Waals surface area (Å²) in [5, 5.41) is 2.66. The third-order valence-electron chi connectivity index (χ3n) is 5.17. The lowest BCUT2D eigenvalue weighted by atomic mass is 10.2. The van der Waals surface area contributed by atoms with Crippen molar-refractivity contribution in [1.82, 2.24) is 0 Å². The Balaban J connectivity index is 1.98. The highest BCUT2D eigenvalue weighted by Gasteiger charge is 2.50. The zero-order chi connectivity index (χ0) is 19.3. The summed E-state index contributed by atoms with van der Waals surface area (Å²) in [5.41, 5.74) is 0. The molecule has 27 heavy (non-hydrogen) atoms. The summed E-state index contributed by atoms with van der Waals surface area (Å²) in [4.78, 5) is 0. The van der Waals surface area contributed by atoms with Crippen molar-refractivity contribution in [2.45, 2.75) is 51.7 Å². The predicted molar refractivity (Wildman–Crippen MR) is 115 cm³/mol. The molecule has 2 nitrogen and oxygen atoms in total. The quantitative estimate of drug-likeness (QED) is 0.529. The van der Waals surface area contributed by atoms with E-state index in [0.717, 1.165) is 18.6 Å². The molecule has 3 rings (SSSR count). The van der Waals surface area contributed by atoms with E-state index in [1.807, 2.05) is 12.1 Å². The number of hydrogen-bond acceptors (Lipinski definition) is 2. The second-order valence-electron chi connectivity index (χ2n) is 8.21. The van der Waals surface area contributed by atoms with Gasteiger partial charge in [-0.05, 0) is 40.9 Å². The molecular formula is C24H30O2Si. The number of benzene rings is 2. The molecule has 0 N–H and O–H groups in total. The van der Waals surface area contributed by atoms with Crippen molar-refractivity contribution in [2.24, 2.45) is 0 Å². The standard InChI is InChI=1S/C24H30O2Si/c1-20(17-18-21-12-11-19-25-21)26-27(24(2,3)4,22-13-7-5-8-14-22)23-15-9-6-10-16-23/h5-16,19-20H,17-18H2,1-4H3/t20-/m1/s1. The van der Waals surface area contributed by atoms with Crippen molar-refractivity contribution < 1.29 is 8.84 Å². The van der Waals surface area contributed by atoms with Gasteiger partial charge in [0.25, 0.3) is 8.32 Å². The van der Waals surface area contributed by atoms with Crippen LogP contribution in [0.5, 0.6) is 0 Å². The lowest BCUT2D eigenvalue weighted by Crippen LogP contribution is -2.67. The molecule has 0 aliphatic carbocycles. The monoisotopic (exact) mass is 378 g/mol. The van der Waals surface area contributed by atoms with Crippen molar-refractivity contribution in [1.29, 1.82) is 0 Å². The first kappa shape index (κ1) is 19.7. The van der Waals surface area contributed by atoms with Crippen LogP contribution in [0.3, 0.4) is 0 Å². The zero-order valence-corrected chi connectivity index (χ0v) is 17.8. The van der Waals surface area contributed by atoms with Gasteiger partial charge < -0.3 is 8.84 Å². The molecule has 0 unspecified atom stereocenters. The number of rotatable bonds is 7. The second kappa shape index (κ2) is 8.28. The van der Waals surface area contributed by atoms with Gasteiger partial charge in [-0.25, -0.2) is 0 Å². The molecular weight excluding hydrogens is 348 g/mol. The van der Waals surface area contributed by atoms with Crippen LogP contribution >= 0.6 is 0 Å². The van der Waals surface area contributed by atoms with E-state index in [-0.39, 0.29) is 11.1 Å². The van der Waals surface area contributed by atoms with Crippen molar-refractivity contribution in [2.75, 3.05) is 0 Å². The Kier molecular flexibility index (Phi) is 6.03. The SMILES string of the molecule is C[C@H](CCc1ccco1)O[Si](c1ccccc1)(c1ccccc1)C(C)(C)C. The van der Waals surface area contributed by atoms with Crippen LogP contribution in [-0.4, -0.2) is 14.4 Å². The first-order chi connectivity index (χ1) is 12.9. The molecule has 3 aromatic rings. The van der Waals surface area contributed by atoms with E-state index in [1.54, 1.807) is 6.26 Å². The Bertz CT molecular complexity index is 765. The molecule has 0 saturated heterocycles. The lowest BCUT2D eigenvalue weighted by molar-refractivity contribution is 0.194. The minimum atomic E-state index is -2.47. The van der Waals surface area contributed by atoms with Gasteiger partial charge in [0, 0.05) is 12.5 Å². The highest BCUT2D eigenvalue weighted by Crippen LogP contribution is 2.37. The fourth-order valence-electron chi connectivity index (χ4n) is 3.85. The predicted octanol–water partition coefficient (Wildman–Crippen LogP) is 5.18. The van der Waals surface area contributed by atoms with Crippen LogP contribution in [0.2, 0.25) is 5.04 Å². The lowest BCUT2D eigenvalue weighted by Gasteiger charge is -2.44. The van der Waals surface area contributed by atoms with E-state index in [1.165, 1.54) is 10.4 Å². The van der Waals surface area contributed by atoms with E-state index < -0.39 is 8.32 Å². The van der Waals surface area contributed by atoms with Gasteiger partial charge in [-0.15, -0.1) is 0 Å². The van der Waals surface area contributed by atoms with Crippen LogP contribution < -0.4 is 10.4 Å². The van der Waals surface area contributed by atoms with Crippen LogP contribution in [-0.2, 0) is 10.8 Å². The van der Waals surface area contributed by atoms with Gasteiger partial charge in [0.2, 0.25) is 0 Å². The Hall–Kier alpha value is -2.10. The van der Waals surface area contributed by atoms with Crippen LogP contribution in [0.15, 0.2) is 83.5 Å². The van der Waals surface area contributed by atoms with Gasteiger partial charge in [-0.3, -0.25) is 0 Å². The van der Waals surface area contributed by atoms with Crippen molar-refractivity contribution >= 4 is 18.7 Å². The fraction of sp³-hybridized carbons (Fsp3) is 0.333. The molecule has 0 spiro atoms. The summed E-state index contributed by atoms with van der Waals surface area (Å²) in [6.07, 6.45) is 3.72. The smallest absolute Gasteiger partial charge is 0.261 e. The van der Waals surface area contributed by atoms with E-state index in [0.29, 0.717) is 0 Å². The van der Waals surface area contributed by atoms with Gasteiger partial charge in [0.1, 0.15) is 5.76 Å². The highest BCUT2D eigenvalue weighted by molar-refractivity contribution is 6.99. The first-order valence-corrected chi connectivity index (χ1v) is 11.7. The van der Waals surface area contributed by atoms with E-state index >= 15 is 0 Å². The van der Waals surface area contributed by atoms with Crippen LogP contribution in [0.25, 0.3) is 0 Å². The number of hydrogen-bond donors (Lipinski definition) is 0. The largest absolute Gasteiger partial charge is 0.469 e. The third kappa shape index (κ3) is 4.25. The summed E-state index contributed by atoms with van der Waals surface area (Å²) >= 11 is 0. The Morgan fingerprint density at radius 2 is 1.41 bits per heavy atom. The summed E-state index contributed by atoms with van der Waals surface area (Å²) in [6.45, 7) is 9.15. The molecule has 0 saturated carbocycles. The van der Waals surface area contributed by atoms with E-state index in [4.69, 9.17) is 8.84 Å². The van der Waals surface area contributed by atoms with E-state index in [2.05, 4.69) is 88.4 Å². The molecule has 3 heteroatoms. The summed E-state index contributed by atoms with van der Waals surface area (Å²) < 4.78 is 12.6. The van der Waals surface area contributed by atoms with Crippen LogP contribution in [0.1, 0.15) is 39.9 Å². The number of aryl methyl sites for hydroxylation is 1. The molecule has 0 radical (unpaired) electrons. The normalized spacial score (nSPS) is 13.5. The molecule has 1 atom stereocenters. The number of furan rings is 1. The van der Waals surface area contributed by atoms with Crippen LogP contribution in [0, 0.1) is 0 Å². The molecule has 142 valence electrons. The van der Waals surface area contributed by atoms with Gasteiger partial charge in [-0.1, -0.05) is 81.4 Å². The molecule has 0 aliphatic rings. The Morgan fingerprint density at radius 3 is 1.85 bits per heavy atom. The van der Waals surface area contributed by atoms with Gasteiger partial charge in [0.05, 0.1) is 6.26 Å². The van der Waals surface area contributed by atoms with E-state index in [9.17, 15) is 0 Å². The fourth-order valence-corrected chi connectivity index (χ4v) is 8.59. The highest BCUT2D eigenvalue weighted by atomic mass is 28.4. The van der Waals surface area contributed by atoms with Crippen molar-refractivity contribution in [3.63, 3.8) is 0 Å². The average molecular weight is 379 g/mol. The van der Waals surface area contributed by atoms with Gasteiger partial charge in [0.15, 0.2) is 0 Å². The average Bonchev–Trinajstić information content (AvgIpc) is 3.18. The molecule has 0 bridgehead atoms. The molecule has 1 heterocycles. The van der Waals surface area contributed by atoms with Crippen molar-refractivity contribution in [3.8, 4) is 0 Å². The first-order valence-electron chi connectivity index (χ1n) is 9.75. The summed E-state index contributed by atoms with van der Waals surface area (Å²) in [6, 6.07) is 25.6. The molecule has 0 amide bonds. The van der Waals surface area contributed by atoms with Crippen molar-refractivity contribution in [3.05, 3.63) is 84.8 Å². The summed E-state index contributed by atoms with van der Waals surface area (Å²) in [7, 11) is -2.47.